The number of thiol groups is 1. The molecule has 1 rings (SSSR count). The Balaban J connectivity index is 2.77. The summed E-state index contributed by atoms with van der Waals surface area (Å²) in [7, 11) is 0. The standard InChI is InChI=1S/C18H30N6O5S/c1-9(2)4-13(23-15(25)12(19)5-11-6-20-8-21-11)16(26)24-14(7-30)17(27)22-10(3)18(28)29/h6,8-10,12-14,30H,4-5,7,19H2,1-3H3,(H,20,21)(H,22,27)(H,23,25)(H,24,26)(H,28,29). The van der Waals surface area contributed by atoms with Crippen molar-refractivity contribution in [3.63, 3.8) is 0 Å². The lowest BCUT2D eigenvalue weighted by Crippen LogP contribution is -2.57. The number of aromatic amines is 1. The van der Waals surface area contributed by atoms with E-state index in [1.54, 1.807) is 6.20 Å². The summed E-state index contributed by atoms with van der Waals surface area (Å²) in [5.74, 6) is -2.96. The number of H-pyrrole nitrogens is 1. The minimum atomic E-state index is -1.20. The van der Waals surface area contributed by atoms with E-state index < -0.39 is 47.9 Å². The van der Waals surface area contributed by atoms with Crippen molar-refractivity contribution >= 4 is 36.3 Å². The molecule has 0 aromatic carbocycles. The maximum Gasteiger partial charge on any atom is 0.325 e. The van der Waals surface area contributed by atoms with Gasteiger partial charge in [-0.1, -0.05) is 13.8 Å². The summed E-state index contributed by atoms with van der Waals surface area (Å²) in [6, 6.07) is -4.00. The van der Waals surface area contributed by atoms with Crippen LogP contribution in [0.1, 0.15) is 32.9 Å². The molecule has 0 aliphatic rings. The van der Waals surface area contributed by atoms with Gasteiger partial charge in [-0.25, -0.2) is 4.98 Å². The summed E-state index contributed by atoms with van der Waals surface area (Å²) >= 11 is 4.05. The van der Waals surface area contributed by atoms with E-state index in [-0.39, 0.29) is 18.1 Å². The van der Waals surface area contributed by atoms with E-state index in [0.717, 1.165) is 0 Å². The smallest absolute Gasteiger partial charge is 0.325 e. The third-order valence-electron chi connectivity index (χ3n) is 4.22. The van der Waals surface area contributed by atoms with Gasteiger partial charge in [-0.3, -0.25) is 19.2 Å². The van der Waals surface area contributed by atoms with Crippen molar-refractivity contribution in [2.45, 2.75) is 57.8 Å². The normalized spacial score (nSPS) is 15.0. The highest BCUT2D eigenvalue weighted by Gasteiger charge is 2.29. The Hall–Kier alpha value is -2.60. The van der Waals surface area contributed by atoms with Crippen molar-refractivity contribution < 1.29 is 24.3 Å². The molecule has 0 fully saturated rings. The number of amides is 3. The molecular formula is C18H30N6O5S. The lowest BCUT2D eigenvalue weighted by molar-refractivity contribution is -0.141. The molecule has 4 unspecified atom stereocenters. The molecule has 30 heavy (non-hydrogen) atoms. The van der Waals surface area contributed by atoms with Gasteiger partial charge in [0.15, 0.2) is 0 Å². The van der Waals surface area contributed by atoms with Crippen molar-refractivity contribution in [1.29, 1.82) is 0 Å². The van der Waals surface area contributed by atoms with E-state index in [0.29, 0.717) is 12.1 Å². The second-order valence-corrected chi connectivity index (χ2v) is 7.76. The van der Waals surface area contributed by atoms with Gasteiger partial charge in [-0.05, 0) is 19.3 Å². The molecule has 168 valence electrons. The van der Waals surface area contributed by atoms with Gasteiger partial charge < -0.3 is 31.8 Å². The van der Waals surface area contributed by atoms with Crippen LogP contribution in [-0.2, 0) is 25.6 Å². The summed E-state index contributed by atoms with van der Waals surface area (Å²) in [4.78, 5) is 55.1. The third-order valence-corrected chi connectivity index (χ3v) is 4.58. The van der Waals surface area contributed by atoms with Gasteiger partial charge in [0, 0.05) is 24.1 Å². The van der Waals surface area contributed by atoms with Crippen molar-refractivity contribution in [3.8, 4) is 0 Å². The zero-order valence-corrected chi connectivity index (χ0v) is 18.1. The van der Waals surface area contributed by atoms with Crippen LogP contribution in [0, 0.1) is 5.92 Å². The van der Waals surface area contributed by atoms with E-state index in [2.05, 4.69) is 38.5 Å². The van der Waals surface area contributed by atoms with Gasteiger partial charge in [0.25, 0.3) is 0 Å². The Morgan fingerprint density at radius 3 is 2.20 bits per heavy atom. The highest BCUT2D eigenvalue weighted by molar-refractivity contribution is 7.80. The van der Waals surface area contributed by atoms with Gasteiger partial charge in [0.05, 0.1) is 12.4 Å². The Morgan fingerprint density at radius 1 is 1.10 bits per heavy atom. The maximum absolute atomic E-state index is 12.7. The van der Waals surface area contributed by atoms with E-state index in [1.165, 1.54) is 13.3 Å². The quantitative estimate of drug-likeness (QED) is 0.199. The first-order valence-corrected chi connectivity index (χ1v) is 10.2. The van der Waals surface area contributed by atoms with E-state index in [1.807, 2.05) is 13.8 Å². The maximum atomic E-state index is 12.7. The lowest BCUT2D eigenvalue weighted by Gasteiger charge is -2.25. The first-order valence-electron chi connectivity index (χ1n) is 9.52. The number of carboxylic acid groups (broad SMARTS) is 1. The number of rotatable bonds is 12. The molecule has 7 N–H and O–H groups in total. The highest BCUT2D eigenvalue weighted by Crippen LogP contribution is 2.07. The summed E-state index contributed by atoms with van der Waals surface area (Å²) in [6.07, 6.45) is 3.57. The Kier molecular flexibility index (Phi) is 10.3. The number of aromatic nitrogens is 2. The van der Waals surface area contributed by atoms with Crippen LogP contribution in [0.15, 0.2) is 12.5 Å². The molecule has 0 radical (unpaired) electrons. The number of carbonyl (C=O) groups is 4. The van der Waals surface area contributed by atoms with Crippen LogP contribution in [0.2, 0.25) is 0 Å². The number of nitrogens with one attached hydrogen (secondary N) is 4. The summed E-state index contributed by atoms with van der Waals surface area (Å²) in [6.45, 7) is 5.07. The predicted octanol–water partition coefficient (Wildman–Crippen LogP) is -1.19. The third kappa shape index (κ3) is 8.41. The Bertz CT molecular complexity index is 727. The molecule has 11 nitrogen and oxygen atoms in total. The zero-order chi connectivity index (χ0) is 22.8. The van der Waals surface area contributed by atoms with E-state index >= 15 is 0 Å². The summed E-state index contributed by atoms with van der Waals surface area (Å²) in [5.41, 5.74) is 6.61. The Morgan fingerprint density at radius 2 is 1.70 bits per heavy atom. The van der Waals surface area contributed by atoms with E-state index in [9.17, 15) is 19.2 Å². The topological polar surface area (TPSA) is 179 Å². The van der Waals surface area contributed by atoms with Crippen LogP contribution < -0.4 is 21.7 Å². The van der Waals surface area contributed by atoms with Gasteiger partial charge in [0.1, 0.15) is 18.1 Å². The molecule has 0 saturated carbocycles. The van der Waals surface area contributed by atoms with Crippen LogP contribution >= 0.6 is 12.6 Å². The SMILES string of the molecule is CC(C)CC(NC(=O)C(N)Cc1cnc[nH]1)C(=O)NC(CS)C(=O)NC(C)C(=O)O. The number of nitrogens with zero attached hydrogens (tertiary/aromatic N) is 1. The average Bonchev–Trinajstić information content (AvgIpc) is 3.17. The van der Waals surface area contributed by atoms with Gasteiger partial charge in [0.2, 0.25) is 17.7 Å². The van der Waals surface area contributed by atoms with Crippen molar-refractivity contribution in [2.75, 3.05) is 5.75 Å². The molecule has 1 aromatic heterocycles. The minimum Gasteiger partial charge on any atom is -0.480 e. The van der Waals surface area contributed by atoms with Crippen LogP contribution in [0.4, 0.5) is 0 Å². The molecule has 12 heteroatoms. The fourth-order valence-corrected chi connectivity index (χ4v) is 2.81. The van der Waals surface area contributed by atoms with Gasteiger partial charge >= 0.3 is 5.97 Å². The lowest BCUT2D eigenvalue weighted by atomic mass is 10.0. The average molecular weight is 443 g/mol. The molecular weight excluding hydrogens is 412 g/mol. The first-order chi connectivity index (χ1) is 14.0. The van der Waals surface area contributed by atoms with E-state index in [4.69, 9.17) is 10.8 Å². The Labute approximate surface area is 180 Å². The highest BCUT2D eigenvalue weighted by atomic mass is 32.1. The monoisotopic (exact) mass is 442 g/mol. The van der Waals surface area contributed by atoms with Crippen LogP contribution in [0.3, 0.4) is 0 Å². The molecule has 0 saturated heterocycles. The molecule has 0 aliphatic heterocycles. The second-order valence-electron chi connectivity index (χ2n) is 7.39. The largest absolute Gasteiger partial charge is 0.480 e. The first kappa shape index (κ1) is 25.4. The van der Waals surface area contributed by atoms with Crippen molar-refractivity contribution in [2.24, 2.45) is 11.7 Å². The fraction of sp³-hybridized carbons (Fsp3) is 0.611. The number of hydrogen-bond acceptors (Lipinski definition) is 7. The van der Waals surface area contributed by atoms with Gasteiger partial charge in [-0.2, -0.15) is 12.6 Å². The number of carboxylic acids is 1. The van der Waals surface area contributed by atoms with Crippen LogP contribution in [0.25, 0.3) is 0 Å². The fourth-order valence-electron chi connectivity index (χ4n) is 2.55. The van der Waals surface area contributed by atoms with Crippen molar-refractivity contribution in [3.05, 3.63) is 18.2 Å². The van der Waals surface area contributed by atoms with Gasteiger partial charge in [-0.15, -0.1) is 0 Å². The predicted molar refractivity (Wildman–Crippen MR) is 113 cm³/mol. The minimum absolute atomic E-state index is 0.0500. The molecule has 1 aromatic rings. The number of hydrogen-bond donors (Lipinski definition) is 7. The molecule has 0 bridgehead atoms. The molecule has 1 heterocycles. The summed E-state index contributed by atoms with van der Waals surface area (Å²) in [5, 5.41) is 16.3. The summed E-state index contributed by atoms with van der Waals surface area (Å²) < 4.78 is 0. The number of carbonyl (C=O) groups excluding carboxylic acids is 3. The van der Waals surface area contributed by atoms with Crippen molar-refractivity contribution in [1.82, 2.24) is 25.9 Å². The number of aliphatic carboxylic acids is 1. The second kappa shape index (κ2) is 12.2. The zero-order valence-electron chi connectivity index (χ0n) is 17.2. The van der Waals surface area contributed by atoms with Crippen LogP contribution in [0.5, 0.6) is 0 Å². The number of imidazole rings is 1. The molecule has 3 amide bonds. The molecule has 4 atom stereocenters. The van der Waals surface area contributed by atoms with Crippen LogP contribution in [-0.4, -0.2) is 68.7 Å². The molecule has 0 spiro atoms. The number of nitrogens with two attached hydrogens (primary N) is 1. The molecule has 0 aliphatic carbocycles.